The van der Waals surface area contributed by atoms with Crippen LogP contribution >= 0.6 is 0 Å². The minimum absolute atomic E-state index is 0.0771. The van der Waals surface area contributed by atoms with Crippen LogP contribution in [0.25, 0.3) is 0 Å². The Hall–Kier alpha value is -0.300. The van der Waals surface area contributed by atoms with Crippen LogP contribution in [0, 0.1) is 22.2 Å². The zero-order valence-electron chi connectivity index (χ0n) is 11.0. The first-order valence-electron chi connectivity index (χ1n) is 6.71. The molecular formula is C15H24O. The van der Waals surface area contributed by atoms with E-state index in [9.17, 15) is 5.11 Å². The summed E-state index contributed by atoms with van der Waals surface area (Å²) in [7, 11) is 0. The summed E-state index contributed by atoms with van der Waals surface area (Å²) in [5.41, 5.74) is 2.46. The predicted octanol–water partition coefficient (Wildman–Crippen LogP) is 3.53. The second-order valence-corrected chi connectivity index (χ2v) is 7.24. The van der Waals surface area contributed by atoms with E-state index < -0.39 is 0 Å². The Bertz CT molecular complexity index is 372. The summed E-state index contributed by atoms with van der Waals surface area (Å²) in [6.45, 7) is 9.49. The fourth-order valence-corrected chi connectivity index (χ4v) is 5.55. The van der Waals surface area contributed by atoms with Gasteiger partial charge in [0.2, 0.25) is 0 Å². The SMILES string of the molecule is CC1=CC2(C)CCC(O)C3(C)CCC1(C)C23. The molecule has 16 heavy (non-hydrogen) atoms. The molecule has 1 heteroatoms. The van der Waals surface area contributed by atoms with Crippen molar-refractivity contribution in [2.75, 3.05) is 0 Å². The van der Waals surface area contributed by atoms with Gasteiger partial charge in [0.25, 0.3) is 0 Å². The van der Waals surface area contributed by atoms with E-state index in [0.29, 0.717) is 16.7 Å². The predicted molar refractivity (Wildman–Crippen MR) is 66.0 cm³/mol. The molecule has 0 spiro atoms. The first-order chi connectivity index (χ1) is 7.33. The quantitative estimate of drug-likeness (QED) is 0.619. The summed E-state index contributed by atoms with van der Waals surface area (Å²) in [5, 5.41) is 10.4. The van der Waals surface area contributed by atoms with Crippen LogP contribution in [0.15, 0.2) is 11.6 Å². The first-order valence-corrected chi connectivity index (χ1v) is 6.71. The van der Waals surface area contributed by atoms with Gasteiger partial charge in [-0.1, -0.05) is 32.4 Å². The Balaban J connectivity index is 2.15. The molecule has 1 N–H and O–H groups in total. The molecule has 0 heterocycles. The molecule has 0 aliphatic heterocycles. The van der Waals surface area contributed by atoms with Crippen molar-refractivity contribution in [2.24, 2.45) is 22.2 Å². The number of aliphatic hydroxyl groups excluding tert-OH is 1. The Labute approximate surface area is 98.9 Å². The fourth-order valence-electron chi connectivity index (χ4n) is 5.55. The van der Waals surface area contributed by atoms with Gasteiger partial charge < -0.3 is 5.11 Å². The molecule has 0 radical (unpaired) electrons. The highest BCUT2D eigenvalue weighted by atomic mass is 16.3. The third-order valence-electron chi connectivity index (χ3n) is 6.30. The highest BCUT2D eigenvalue weighted by Crippen LogP contribution is 2.72. The van der Waals surface area contributed by atoms with Gasteiger partial charge in [-0.25, -0.2) is 0 Å². The lowest BCUT2D eigenvalue weighted by Crippen LogP contribution is -2.49. The van der Waals surface area contributed by atoms with E-state index in [1.165, 1.54) is 19.3 Å². The van der Waals surface area contributed by atoms with E-state index in [2.05, 4.69) is 33.8 Å². The van der Waals surface area contributed by atoms with Crippen molar-refractivity contribution < 1.29 is 5.11 Å². The summed E-state index contributed by atoms with van der Waals surface area (Å²) >= 11 is 0. The van der Waals surface area contributed by atoms with Gasteiger partial charge in [0.15, 0.2) is 0 Å². The molecule has 5 unspecified atom stereocenters. The second kappa shape index (κ2) is 2.75. The monoisotopic (exact) mass is 220 g/mol. The van der Waals surface area contributed by atoms with Crippen molar-refractivity contribution >= 4 is 0 Å². The molecule has 0 amide bonds. The molecule has 3 rings (SSSR count). The molecule has 0 aromatic rings. The molecular weight excluding hydrogens is 196 g/mol. The van der Waals surface area contributed by atoms with Crippen molar-refractivity contribution in [3.8, 4) is 0 Å². The molecule has 1 nitrogen and oxygen atoms in total. The number of aliphatic hydroxyl groups is 1. The van der Waals surface area contributed by atoms with Gasteiger partial charge in [0.1, 0.15) is 0 Å². The molecule has 0 saturated heterocycles. The number of allylic oxidation sites excluding steroid dienone is 2. The van der Waals surface area contributed by atoms with Crippen LogP contribution in [-0.4, -0.2) is 11.2 Å². The van der Waals surface area contributed by atoms with Crippen molar-refractivity contribution in [3.05, 3.63) is 11.6 Å². The van der Waals surface area contributed by atoms with E-state index in [4.69, 9.17) is 0 Å². The van der Waals surface area contributed by atoms with E-state index in [0.717, 1.165) is 6.42 Å². The maximum atomic E-state index is 10.4. The summed E-state index contributed by atoms with van der Waals surface area (Å²) in [5.74, 6) is 0.663. The molecule has 90 valence electrons. The lowest BCUT2D eigenvalue weighted by Gasteiger charge is -2.51. The van der Waals surface area contributed by atoms with Gasteiger partial charge in [0, 0.05) is 0 Å². The summed E-state index contributed by atoms with van der Waals surface area (Å²) in [4.78, 5) is 0. The number of hydrogen-bond donors (Lipinski definition) is 1. The second-order valence-electron chi connectivity index (χ2n) is 7.24. The van der Waals surface area contributed by atoms with E-state index in [-0.39, 0.29) is 11.5 Å². The van der Waals surface area contributed by atoms with Gasteiger partial charge >= 0.3 is 0 Å². The average molecular weight is 220 g/mol. The zero-order chi connectivity index (χ0) is 11.8. The van der Waals surface area contributed by atoms with E-state index in [1.807, 2.05) is 0 Å². The fraction of sp³-hybridized carbons (Fsp3) is 0.867. The Morgan fingerprint density at radius 1 is 1.19 bits per heavy atom. The Kier molecular flexibility index (Phi) is 1.86. The molecule has 3 aliphatic rings. The summed E-state index contributed by atoms with van der Waals surface area (Å²) in [6, 6.07) is 0. The van der Waals surface area contributed by atoms with Crippen LogP contribution in [0.1, 0.15) is 53.4 Å². The van der Waals surface area contributed by atoms with Crippen LogP contribution in [0.4, 0.5) is 0 Å². The largest absolute Gasteiger partial charge is 0.393 e. The minimum atomic E-state index is -0.0771. The van der Waals surface area contributed by atoms with Crippen LogP contribution < -0.4 is 0 Å². The maximum absolute atomic E-state index is 10.4. The molecule has 0 bridgehead atoms. The molecule has 2 fully saturated rings. The number of hydrogen-bond acceptors (Lipinski definition) is 1. The minimum Gasteiger partial charge on any atom is -0.393 e. The third kappa shape index (κ3) is 0.971. The van der Waals surface area contributed by atoms with Crippen LogP contribution in [0.5, 0.6) is 0 Å². The first kappa shape index (κ1) is 10.8. The average Bonchev–Trinajstić information content (AvgIpc) is 2.59. The highest BCUT2D eigenvalue weighted by molar-refractivity contribution is 5.33. The van der Waals surface area contributed by atoms with Gasteiger partial charge in [-0.2, -0.15) is 0 Å². The van der Waals surface area contributed by atoms with Crippen molar-refractivity contribution in [1.82, 2.24) is 0 Å². The number of rotatable bonds is 0. The molecule has 0 aromatic heterocycles. The Morgan fingerprint density at radius 3 is 2.56 bits per heavy atom. The van der Waals surface area contributed by atoms with Crippen molar-refractivity contribution in [2.45, 2.75) is 59.5 Å². The van der Waals surface area contributed by atoms with E-state index >= 15 is 0 Å². The highest BCUT2D eigenvalue weighted by Gasteiger charge is 2.66. The summed E-state index contributed by atoms with van der Waals surface area (Å²) in [6.07, 6.45) is 7.08. The lowest BCUT2D eigenvalue weighted by molar-refractivity contribution is -0.0851. The van der Waals surface area contributed by atoms with Crippen molar-refractivity contribution in [3.63, 3.8) is 0 Å². The van der Waals surface area contributed by atoms with Gasteiger partial charge in [-0.05, 0) is 54.8 Å². The topological polar surface area (TPSA) is 20.2 Å². The van der Waals surface area contributed by atoms with Crippen LogP contribution in [0.3, 0.4) is 0 Å². The summed E-state index contributed by atoms with van der Waals surface area (Å²) < 4.78 is 0. The zero-order valence-corrected chi connectivity index (χ0v) is 11.0. The van der Waals surface area contributed by atoms with Gasteiger partial charge in [-0.3, -0.25) is 0 Å². The third-order valence-corrected chi connectivity index (χ3v) is 6.30. The molecule has 0 aromatic carbocycles. The standard InChI is InChI=1S/C15H24O/c1-10-9-13(2)6-5-11(16)15(4)8-7-14(10,3)12(13)15/h9,11-12,16H,5-8H2,1-4H3. The van der Waals surface area contributed by atoms with Gasteiger partial charge in [0.05, 0.1) is 6.10 Å². The Morgan fingerprint density at radius 2 is 1.88 bits per heavy atom. The molecule has 5 atom stereocenters. The van der Waals surface area contributed by atoms with Gasteiger partial charge in [-0.15, -0.1) is 0 Å². The molecule has 2 saturated carbocycles. The normalized spacial score (nSPS) is 59.7. The van der Waals surface area contributed by atoms with Crippen LogP contribution in [0.2, 0.25) is 0 Å². The lowest BCUT2D eigenvalue weighted by atomic mass is 9.54. The van der Waals surface area contributed by atoms with Crippen LogP contribution in [-0.2, 0) is 0 Å². The van der Waals surface area contributed by atoms with E-state index in [1.54, 1.807) is 5.57 Å². The maximum Gasteiger partial charge on any atom is 0.0597 e. The smallest absolute Gasteiger partial charge is 0.0597 e. The molecule has 3 aliphatic carbocycles. The van der Waals surface area contributed by atoms with Crippen molar-refractivity contribution in [1.29, 1.82) is 0 Å².